The van der Waals surface area contributed by atoms with Crippen molar-refractivity contribution in [3.63, 3.8) is 0 Å². The number of aromatic amines is 3. The van der Waals surface area contributed by atoms with E-state index in [9.17, 15) is 24.0 Å². The molecule has 2 aromatic rings. The van der Waals surface area contributed by atoms with Crippen molar-refractivity contribution in [2.75, 3.05) is 6.54 Å². The summed E-state index contributed by atoms with van der Waals surface area (Å²) in [6, 6.07) is -0.389. The highest BCUT2D eigenvalue weighted by atomic mass is 16.4. The Kier molecular flexibility index (Phi) is 7.03. The number of hydrogen-bond donors (Lipinski definition) is 6. The van der Waals surface area contributed by atoms with E-state index < -0.39 is 40.9 Å². The lowest BCUT2D eigenvalue weighted by Gasteiger charge is -2.25. The van der Waals surface area contributed by atoms with Gasteiger partial charge in [-0.15, -0.1) is 0 Å². The number of hydrogen-bond acceptors (Lipinski definition) is 7. The average Bonchev–Trinajstić information content (AvgIpc) is 3.32. The summed E-state index contributed by atoms with van der Waals surface area (Å²) < 4.78 is 0. The molecule has 1 saturated heterocycles. The van der Waals surface area contributed by atoms with E-state index in [1.54, 1.807) is 6.20 Å². The third kappa shape index (κ3) is 5.87. The van der Waals surface area contributed by atoms with Crippen LogP contribution in [0.3, 0.4) is 0 Å². The predicted octanol–water partition coefficient (Wildman–Crippen LogP) is -2.48. The average molecular weight is 407 g/mol. The monoisotopic (exact) mass is 407 g/mol. The van der Waals surface area contributed by atoms with Crippen molar-refractivity contribution in [1.82, 2.24) is 24.8 Å². The summed E-state index contributed by atoms with van der Waals surface area (Å²) in [6.45, 7) is 0.545. The fraction of sp³-hybridized carbons (Fsp3) is 0.375. The van der Waals surface area contributed by atoms with Gasteiger partial charge < -0.3 is 31.4 Å². The molecule has 13 heteroatoms. The summed E-state index contributed by atoms with van der Waals surface area (Å²) >= 11 is 0. The number of rotatable bonds is 5. The van der Waals surface area contributed by atoms with Crippen LogP contribution < -0.4 is 22.7 Å². The molecule has 8 N–H and O–H groups in total. The third-order valence-electron chi connectivity index (χ3n) is 4.17. The van der Waals surface area contributed by atoms with Gasteiger partial charge in [-0.25, -0.2) is 14.6 Å². The number of aromatic nitrogens is 4. The largest absolute Gasteiger partial charge is 0.477 e. The molecular formula is C16H21N7O6. The van der Waals surface area contributed by atoms with E-state index in [1.807, 2.05) is 9.97 Å². The van der Waals surface area contributed by atoms with Crippen molar-refractivity contribution in [1.29, 1.82) is 0 Å². The second-order valence-electron chi connectivity index (χ2n) is 6.29. The molecule has 0 saturated carbocycles. The van der Waals surface area contributed by atoms with Gasteiger partial charge >= 0.3 is 11.7 Å². The van der Waals surface area contributed by atoms with Gasteiger partial charge in [-0.3, -0.25) is 19.4 Å². The smallest absolute Gasteiger partial charge is 0.352 e. The highest BCUT2D eigenvalue weighted by Crippen LogP contribution is 2.18. The number of carbonyl (C=O) groups excluding carboxylic acids is 2. The Morgan fingerprint density at radius 1 is 1.31 bits per heavy atom. The van der Waals surface area contributed by atoms with E-state index in [4.69, 9.17) is 16.6 Å². The molecule has 3 heterocycles. The van der Waals surface area contributed by atoms with Crippen LogP contribution in [0.5, 0.6) is 0 Å². The normalized spacial score (nSPS) is 16.6. The molecule has 0 aliphatic carbocycles. The number of nitrogens with zero attached hydrogens (tertiary/aromatic N) is 2. The summed E-state index contributed by atoms with van der Waals surface area (Å²) in [5.41, 5.74) is 9.96. The van der Waals surface area contributed by atoms with Crippen molar-refractivity contribution >= 4 is 17.8 Å². The maximum atomic E-state index is 12.1. The molecule has 156 valence electrons. The number of carboxylic acid groups (broad SMARTS) is 1. The third-order valence-corrected chi connectivity index (χ3v) is 4.17. The number of amides is 2. The number of primary amides is 1. The molecule has 0 unspecified atom stereocenters. The quantitative estimate of drug-likeness (QED) is 0.310. The van der Waals surface area contributed by atoms with Crippen LogP contribution in [0.2, 0.25) is 0 Å². The van der Waals surface area contributed by atoms with Crippen LogP contribution in [0, 0.1) is 0 Å². The number of carboxylic acids is 1. The fourth-order valence-corrected chi connectivity index (χ4v) is 2.84. The molecule has 0 bridgehead atoms. The summed E-state index contributed by atoms with van der Waals surface area (Å²) in [7, 11) is 0. The van der Waals surface area contributed by atoms with Gasteiger partial charge in [0.25, 0.3) is 5.56 Å². The fourth-order valence-electron chi connectivity index (χ4n) is 2.84. The number of nitrogens with two attached hydrogens (primary N) is 2. The summed E-state index contributed by atoms with van der Waals surface area (Å²) in [6.07, 6.45) is 4.95. The lowest BCUT2D eigenvalue weighted by molar-refractivity contribution is -0.138. The van der Waals surface area contributed by atoms with Crippen molar-refractivity contribution in [2.24, 2.45) is 11.5 Å². The maximum Gasteiger partial charge on any atom is 0.352 e. The molecule has 1 aliphatic rings. The van der Waals surface area contributed by atoms with Crippen LogP contribution >= 0.6 is 0 Å². The molecule has 1 aliphatic heterocycles. The first kappa shape index (κ1) is 21.6. The molecule has 13 nitrogen and oxygen atoms in total. The lowest BCUT2D eigenvalue weighted by Crippen LogP contribution is -2.50. The van der Waals surface area contributed by atoms with Gasteiger partial charge in [-0.05, 0) is 12.8 Å². The Morgan fingerprint density at radius 2 is 2.03 bits per heavy atom. The van der Waals surface area contributed by atoms with E-state index in [-0.39, 0.29) is 5.91 Å². The van der Waals surface area contributed by atoms with Gasteiger partial charge in [0.1, 0.15) is 11.7 Å². The van der Waals surface area contributed by atoms with E-state index in [2.05, 4.69) is 9.97 Å². The number of H-pyrrole nitrogens is 3. The first-order chi connectivity index (χ1) is 13.7. The lowest BCUT2D eigenvalue weighted by atomic mass is 10.1. The van der Waals surface area contributed by atoms with Crippen molar-refractivity contribution in [3.8, 4) is 0 Å². The minimum atomic E-state index is -1.34. The van der Waals surface area contributed by atoms with Crippen LogP contribution in [0.4, 0.5) is 0 Å². The zero-order valence-corrected chi connectivity index (χ0v) is 15.3. The SMILES string of the molecule is NC(=O)[C@@H]1CCCN1C(=O)[C@@H](N)Cc1cnc[nH]1.O=C(O)c1cc(=O)[nH]c(=O)[nH]1. The van der Waals surface area contributed by atoms with E-state index in [0.717, 1.165) is 18.2 Å². The Morgan fingerprint density at radius 3 is 2.59 bits per heavy atom. The van der Waals surface area contributed by atoms with Crippen LogP contribution in [-0.4, -0.2) is 66.4 Å². The summed E-state index contributed by atoms with van der Waals surface area (Å²) in [5.74, 6) is -2.03. The molecule has 2 aromatic heterocycles. The highest BCUT2D eigenvalue weighted by molar-refractivity contribution is 5.89. The first-order valence-electron chi connectivity index (χ1n) is 8.58. The maximum absolute atomic E-state index is 12.1. The highest BCUT2D eigenvalue weighted by Gasteiger charge is 2.34. The van der Waals surface area contributed by atoms with Gasteiger partial charge in [0.05, 0.1) is 12.4 Å². The van der Waals surface area contributed by atoms with Crippen molar-refractivity contribution in [3.05, 3.63) is 50.8 Å². The Labute approximate surface area is 163 Å². The Hall–Kier alpha value is -3.74. The van der Waals surface area contributed by atoms with Crippen LogP contribution in [0.15, 0.2) is 28.2 Å². The van der Waals surface area contributed by atoms with E-state index >= 15 is 0 Å². The topological polar surface area (TPSA) is 221 Å². The van der Waals surface area contributed by atoms with Gasteiger partial charge in [0, 0.05) is 30.9 Å². The standard InChI is InChI=1S/C11H17N5O2.C5H4N2O4/c12-8(4-7-5-14-6-15-7)11(18)16-3-1-2-9(16)10(13)17;8-3-1-2(4(9)10)6-5(11)7-3/h5-6,8-9H,1-4,12H2,(H2,13,17)(H,14,15);1H,(H,9,10)(H2,6,7,8,11)/t8-,9-;/m0./s1. The summed E-state index contributed by atoms with van der Waals surface area (Å²) in [5, 5.41) is 8.31. The molecule has 29 heavy (non-hydrogen) atoms. The molecule has 3 rings (SSSR count). The second-order valence-corrected chi connectivity index (χ2v) is 6.29. The van der Waals surface area contributed by atoms with Gasteiger partial charge in [0.15, 0.2) is 0 Å². The number of carbonyl (C=O) groups is 3. The molecule has 0 spiro atoms. The van der Waals surface area contributed by atoms with E-state index in [0.29, 0.717) is 19.4 Å². The minimum Gasteiger partial charge on any atom is -0.477 e. The van der Waals surface area contributed by atoms with Crippen LogP contribution in [0.25, 0.3) is 0 Å². The number of aromatic carboxylic acids is 1. The minimum absolute atomic E-state index is 0.231. The first-order valence-corrected chi connectivity index (χ1v) is 8.58. The van der Waals surface area contributed by atoms with Crippen molar-refractivity contribution in [2.45, 2.75) is 31.3 Å². The number of nitrogens with one attached hydrogen (secondary N) is 3. The molecule has 2 atom stereocenters. The second kappa shape index (κ2) is 9.45. The molecular weight excluding hydrogens is 386 g/mol. The van der Waals surface area contributed by atoms with Crippen LogP contribution in [-0.2, 0) is 16.0 Å². The summed E-state index contributed by atoms with van der Waals surface area (Å²) in [4.78, 5) is 66.5. The van der Waals surface area contributed by atoms with Gasteiger partial charge in [-0.2, -0.15) is 0 Å². The molecule has 0 aromatic carbocycles. The molecule has 0 radical (unpaired) electrons. The van der Waals surface area contributed by atoms with Gasteiger partial charge in [-0.1, -0.05) is 0 Å². The molecule has 1 fully saturated rings. The Balaban J connectivity index is 0.000000234. The number of imidazole rings is 1. The van der Waals surface area contributed by atoms with E-state index in [1.165, 1.54) is 11.2 Å². The zero-order chi connectivity index (χ0) is 21.6. The van der Waals surface area contributed by atoms with Crippen molar-refractivity contribution < 1.29 is 19.5 Å². The molecule has 2 amide bonds. The zero-order valence-electron chi connectivity index (χ0n) is 15.3. The van der Waals surface area contributed by atoms with Gasteiger partial charge in [0.2, 0.25) is 11.8 Å². The number of likely N-dealkylation sites (tertiary alicyclic amines) is 1. The van der Waals surface area contributed by atoms with Crippen LogP contribution in [0.1, 0.15) is 29.0 Å². The predicted molar refractivity (Wildman–Crippen MR) is 98.8 cm³/mol. The Bertz CT molecular complexity index is 952.